The number of hydrogen-bond donors (Lipinski definition) is 2. The Kier molecular flexibility index (Phi) is 7.70. The Morgan fingerprint density at radius 3 is 2.68 bits per heavy atom. The molecule has 0 radical (unpaired) electrons. The van der Waals surface area contributed by atoms with Gasteiger partial charge in [-0.05, 0) is 30.2 Å². The van der Waals surface area contributed by atoms with Crippen LogP contribution in [0.1, 0.15) is 17.2 Å². The molecule has 28 heavy (non-hydrogen) atoms. The van der Waals surface area contributed by atoms with Gasteiger partial charge in [-0.15, -0.1) is 0 Å². The number of hydrogen-bond acceptors (Lipinski definition) is 4. The first-order valence-corrected chi connectivity index (χ1v) is 9.79. The van der Waals surface area contributed by atoms with Gasteiger partial charge in [0, 0.05) is 19.6 Å². The Morgan fingerprint density at radius 2 is 1.93 bits per heavy atom. The van der Waals surface area contributed by atoms with Crippen molar-refractivity contribution in [3.63, 3.8) is 0 Å². The van der Waals surface area contributed by atoms with Crippen LogP contribution in [0, 0.1) is 6.92 Å². The molecule has 6 heteroatoms. The Morgan fingerprint density at radius 1 is 1.14 bits per heavy atom. The number of urea groups is 1. The van der Waals surface area contributed by atoms with Crippen LogP contribution < -0.4 is 15.4 Å². The van der Waals surface area contributed by atoms with Crippen LogP contribution in [0.15, 0.2) is 54.6 Å². The van der Waals surface area contributed by atoms with Gasteiger partial charge in [-0.2, -0.15) is 0 Å². The van der Waals surface area contributed by atoms with Crippen molar-refractivity contribution >= 4 is 6.03 Å². The first kappa shape index (κ1) is 20.2. The summed E-state index contributed by atoms with van der Waals surface area (Å²) >= 11 is 0. The molecule has 1 aliphatic heterocycles. The Balaban J connectivity index is 1.47. The highest BCUT2D eigenvalue weighted by Gasteiger charge is 2.19. The summed E-state index contributed by atoms with van der Waals surface area (Å²) in [5, 5.41) is 5.99. The predicted molar refractivity (Wildman–Crippen MR) is 110 cm³/mol. The van der Waals surface area contributed by atoms with E-state index in [1.807, 2.05) is 61.5 Å². The molecule has 1 fully saturated rings. The molecule has 6 nitrogen and oxygen atoms in total. The molecule has 1 saturated heterocycles. The first-order chi connectivity index (χ1) is 13.7. The molecule has 1 aliphatic rings. The average molecular weight is 383 g/mol. The van der Waals surface area contributed by atoms with Gasteiger partial charge in [-0.25, -0.2) is 4.79 Å². The number of nitrogens with zero attached hydrogens (tertiary/aromatic N) is 1. The molecule has 1 atom stereocenters. The number of aryl methyl sites for hydroxylation is 1. The monoisotopic (exact) mass is 383 g/mol. The molecule has 1 unspecified atom stereocenters. The average Bonchev–Trinajstić information content (AvgIpc) is 2.72. The van der Waals surface area contributed by atoms with Crippen LogP contribution in [-0.2, 0) is 4.74 Å². The zero-order valence-corrected chi connectivity index (χ0v) is 16.4. The van der Waals surface area contributed by atoms with Crippen molar-refractivity contribution in [3.8, 4) is 5.75 Å². The summed E-state index contributed by atoms with van der Waals surface area (Å²) in [6, 6.07) is 17.7. The highest BCUT2D eigenvalue weighted by Crippen LogP contribution is 2.15. The largest absolute Gasteiger partial charge is 0.492 e. The fourth-order valence-corrected chi connectivity index (χ4v) is 3.21. The van der Waals surface area contributed by atoms with Gasteiger partial charge in [0.25, 0.3) is 0 Å². The maximum atomic E-state index is 12.4. The molecular weight excluding hydrogens is 354 g/mol. The topological polar surface area (TPSA) is 62.8 Å². The molecule has 1 heterocycles. The summed E-state index contributed by atoms with van der Waals surface area (Å²) < 4.78 is 11.1. The van der Waals surface area contributed by atoms with Crippen molar-refractivity contribution in [1.82, 2.24) is 15.5 Å². The third-order valence-corrected chi connectivity index (χ3v) is 4.70. The third kappa shape index (κ3) is 6.55. The summed E-state index contributed by atoms with van der Waals surface area (Å²) in [5.41, 5.74) is 2.25. The van der Waals surface area contributed by atoms with Crippen LogP contribution in [-0.4, -0.2) is 56.9 Å². The predicted octanol–water partition coefficient (Wildman–Crippen LogP) is 2.75. The lowest BCUT2D eigenvalue weighted by molar-refractivity contribution is 0.0339. The lowest BCUT2D eigenvalue weighted by Crippen LogP contribution is -2.46. The number of rotatable bonds is 8. The van der Waals surface area contributed by atoms with Crippen molar-refractivity contribution in [2.75, 3.05) is 46.0 Å². The van der Waals surface area contributed by atoms with Crippen LogP contribution in [0.4, 0.5) is 4.79 Å². The van der Waals surface area contributed by atoms with Crippen LogP contribution in [0.2, 0.25) is 0 Å². The molecule has 0 aliphatic carbocycles. The van der Waals surface area contributed by atoms with Crippen molar-refractivity contribution in [3.05, 3.63) is 65.7 Å². The molecule has 2 aromatic carbocycles. The van der Waals surface area contributed by atoms with Crippen molar-refractivity contribution in [2.45, 2.75) is 13.0 Å². The van der Waals surface area contributed by atoms with E-state index in [2.05, 4.69) is 15.5 Å². The fourth-order valence-electron chi connectivity index (χ4n) is 3.21. The highest BCUT2D eigenvalue weighted by molar-refractivity contribution is 5.74. The van der Waals surface area contributed by atoms with Crippen LogP contribution in [0.3, 0.4) is 0 Å². The van der Waals surface area contributed by atoms with Gasteiger partial charge in [0.1, 0.15) is 12.4 Å². The number of morpholine rings is 1. The quantitative estimate of drug-likeness (QED) is 0.688. The molecule has 0 bridgehead atoms. The van der Waals surface area contributed by atoms with E-state index in [4.69, 9.17) is 9.47 Å². The van der Waals surface area contributed by atoms with Crippen LogP contribution in [0.5, 0.6) is 5.75 Å². The zero-order valence-electron chi connectivity index (χ0n) is 16.4. The molecule has 3 rings (SSSR count). The second-order valence-corrected chi connectivity index (χ2v) is 6.94. The molecule has 2 aromatic rings. The number of nitrogens with one attached hydrogen (secondary N) is 2. The lowest BCUT2D eigenvalue weighted by Gasteiger charge is -2.31. The minimum atomic E-state index is -0.185. The van der Waals surface area contributed by atoms with Gasteiger partial charge in [-0.1, -0.05) is 42.5 Å². The summed E-state index contributed by atoms with van der Waals surface area (Å²) in [7, 11) is 0. The van der Waals surface area contributed by atoms with Crippen molar-refractivity contribution in [1.29, 1.82) is 0 Å². The Labute approximate surface area is 166 Å². The maximum absolute atomic E-state index is 12.4. The van der Waals surface area contributed by atoms with Crippen LogP contribution >= 0.6 is 0 Å². The van der Waals surface area contributed by atoms with E-state index in [0.29, 0.717) is 13.2 Å². The number of benzene rings is 2. The molecule has 0 spiro atoms. The zero-order chi connectivity index (χ0) is 19.6. The number of amides is 2. The highest BCUT2D eigenvalue weighted by atomic mass is 16.5. The van der Waals surface area contributed by atoms with Gasteiger partial charge in [0.15, 0.2) is 0 Å². The lowest BCUT2D eigenvalue weighted by atomic mass is 10.1. The van der Waals surface area contributed by atoms with E-state index < -0.39 is 0 Å². The molecule has 150 valence electrons. The normalized spacial score (nSPS) is 15.6. The number of carbonyl (C=O) groups excluding carboxylic acids is 1. The SMILES string of the molecule is Cc1cccc(OCCNC(=O)NC(CN2CCOCC2)c2ccccc2)c1. The van der Waals surface area contributed by atoms with E-state index in [-0.39, 0.29) is 12.1 Å². The van der Waals surface area contributed by atoms with E-state index in [1.165, 1.54) is 0 Å². The van der Waals surface area contributed by atoms with Crippen molar-refractivity contribution in [2.24, 2.45) is 0 Å². The van der Waals surface area contributed by atoms with Crippen molar-refractivity contribution < 1.29 is 14.3 Å². The fraction of sp³-hybridized carbons (Fsp3) is 0.409. The van der Waals surface area contributed by atoms with Gasteiger partial charge in [0.2, 0.25) is 0 Å². The molecular formula is C22H29N3O3. The standard InChI is InChI=1S/C22H29N3O3/c1-18-6-5-9-20(16-18)28-13-10-23-22(26)24-21(19-7-3-2-4-8-19)17-25-11-14-27-15-12-25/h2-9,16,21H,10-15,17H2,1H3,(H2,23,24,26). The second kappa shape index (κ2) is 10.7. The van der Waals surface area contributed by atoms with Gasteiger partial charge < -0.3 is 20.1 Å². The Bertz CT molecular complexity index is 733. The minimum absolute atomic E-state index is 0.0722. The molecule has 0 aromatic heterocycles. The summed E-state index contributed by atoms with van der Waals surface area (Å²) in [5.74, 6) is 0.816. The molecule has 0 saturated carbocycles. The minimum Gasteiger partial charge on any atom is -0.492 e. The smallest absolute Gasteiger partial charge is 0.315 e. The summed E-state index contributed by atoms with van der Waals surface area (Å²) in [6.45, 7) is 6.91. The van der Waals surface area contributed by atoms with E-state index in [0.717, 1.165) is 49.7 Å². The Hall–Kier alpha value is -2.57. The summed E-state index contributed by atoms with van der Waals surface area (Å²) in [6.07, 6.45) is 0. The van der Waals surface area contributed by atoms with Crippen LogP contribution in [0.25, 0.3) is 0 Å². The van der Waals surface area contributed by atoms with Gasteiger partial charge >= 0.3 is 6.03 Å². The first-order valence-electron chi connectivity index (χ1n) is 9.79. The molecule has 2 N–H and O–H groups in total. The van der Waals surface area contributed by atoms with E-state index in [1.54, 1.807) is 0 Å². The number of carbonyl (C=O) groups is 1. The summed E-state index contributed by atoms with van der Waals surface area (Å²) in [4.78, 5) is 14.7. The van der Waals surface area contributed by atoms with Gasteiger partial charge in [0.05, 0.1) is 25.8 Å². The van der Waals surface area contributed by atoms with E-state index >= 15 is 0 Å². The molecule has 2 amide bonds. The number of ether oxygens (including phenoxy) is 2. The van der Waals surface area contributed by atoms with E-state index in [9.17, 15) is 4.79 Å². The van der Waals surface area contributed by atoms with Gasteiger partial charge in [-0.3, -0.25) is 4.90 Å². The third-order valence-electron chi connectivity index (χ3n) is 4.70. The second-order valence-electron chi connectivity index (χ2n) is 6.94. The maximum Gasteiger partial charge on any atom is 0.315 e.